The highest BCUT2D eigenvalue weighted by Crippen LogP contribution is 2.14. The summed E-state index contributed by atoms with van der Waals surface area (Å²) in [6, 6.07) is 0. The smallest absolute Gasteiger partial charge is 0.176 e. The van der Waals surface area contributed by atoms with Crippen molar-refractivity contribution in [3.05, 3.63) is 43.5 Å². The third kappa shape index (κ3) is 1.92. The predicted octanol–water partition coefficient (Wildman–Crippen LogP) is 1.18. The van der Waals surface area contributed by atoms with Crippen LogP contribution in [0.15, 0.2) is 43.5 Å². The van der Waals surface area contributed by atoms with Gasteiger partial charge in [-0.25, -0.2) is 15.0 Å². The van der Waals surface area contributed by atoms with Gasteiger partial charge in [0.2, 0.25) is 0 Å². The SMILES string of the molecule is Cn1ccnc1-c1nccn1CCn1ccnc1. The zero-order chi connectivity index (χ0) is 12.4. The molecule has 0 radical (unpaired) electrons. The van der Waals surface area contributed by atoms with Crippen molar-refractivity contribution in [3.8, 4) is 11.6 Å². The average Bonchev–Trinajstić information content (AvgIpc) is 3.06. The average molecular weight is 242 g/mol. The van der Waals surface area contributed by atoms with Crippen LogP contribution in [0.4, 0.5) is 0 Å². The summed E-state index contributed by atoms with van der Waals surface area (Å²) >= 11 is 0. The van der Waals surface area contributed by atoms with E-state index >= 15 is 0 Å². The van der Waals surface area contributed by atoms with E-state index in [2.05, 4.69) is 19.5 Å². The van der Waals surface area contributed by atoms with E-state index in [0.717, 1.165) is 24.7 Å². The first-order valence-electron chi connectivity index (χ1n) is 5.79. The Kier molecular flexibility index (Phi) is 2.68. The molecule has 3 rings (SSSR count). The Morgan fingerprint density at radius 1 is 0.944 bits per heavy atom. The molecule has 6 nitrogen and oxygen atoms in total. The molecule has 6 heteroatoms. The highest BCUT2D eigenvalue weighted by Gasteiger charge is 2.09. The van der Waals surface area contributed by atoms with Crippen LogP contribution < -0.4 is 0 Å². The molecule has 0 bridgehead atoms. The fourth-order valence-corrected chi connectivity index (χ4v) is 1.92. The quantitative estimate of drug-likeness (QED) is 0.690. The summed E-state index contributed by atoms with van der Waals surface area (Å²) in [5.74, 6) is 1.77. The maximum absolute atomic E-state index is 4.37. The normalized spacial score (nSPS) is 10.9. The Labute approximate surface area is 105 Å². The van der Waals surface area contributed by atoms with Gasteiger partial charge in [0.15, 0.2) is 11.6 Å². The molecule has 18 heavy (non-hydrogen) atoms. The number of hydrogen-bond acceptors (Lipinski definition) is 3. The fourth-order valence-electron chi connectivity index (χ4n) is 1.92. The molecule has 0 fully saturated rings. The lowest BCUT2D eigenvalue weighted by Crippen LogP contribution is -2.08. The second kappa shape index (κ2) is 4.48. The standard InChI is InChI=1S/C12H14N6/c1-16-5-3-14-11(16)12-15-4-7-18(12)9-8-17-6-2-13-10-17/h2-7,10H,8-9H2,1H3. The van der Waals surface area contributed by atoms with Crippen molar-refractivity contribution < 1.29 is 0 Å². The van der Waals surface area contributed by atoms with Gasteiger partial charge in [0, 0.05) is 57.3 Å². The van der Waals surface area contributed by atoms with E-state index in [1.54, 1.807) is 18.6 Å². The molecule has 0 saturated carbocycles. The molecule has 3 aromatic heterocycles. The second-order valence-corrected chi connectivity index (χ2v) is 4.11. The van der Waals surface area contributed by atoms with Crippen molar-refractivity contribution in [2.45, 2.75) is 13.1 Å². The van der Waals surface area contributed by atoms with Crippen LogP contribution >= 0.6 is 0 Å². The highest BCUT2D eigenvalue weighted by molar-refractivity contribution is 5.44. The van der Waals surface area contributed by atoms with Crippen LogP contribution in [0.5, 0.6) is 0 Å². The fraction of sp³-hybridized carbons (Fsp3) is 0.250. The molecule has 0 atom stereocenters. The van der Waals surface area contributed by atoms with Gasteiger partial charge in [-0.2, -0.15) is 0 Å². The van der Waals surface area contributed by atoms with E-state index in [9.17, 15) is 0 Å². The Balaban J connectivity index is 1.82. The second-order valence-electron chi connectivity index (χ2n) is 4.11. The van der Waals surface area contributed by atoms with Crippen molar-refractivity contribution >= 4 is 0 Å². The molecule has 0 N–H and O–H groups in total. The molecule has 3 heterocycles. The third-order valence-corrected chi connectivity index (χ3v) is 2.89. The largest absolute Gasteiger partial charge is 0.336 e. The molecule has 0 aliphatic rings. The van der Waals surface area contributed by atoms with Crippen molar-refractivity contribution in [1.82, 2.24) is 28.7 Å². The molecule has 0 aromatic carbocycles. The van der Waals surface area contributed by atoms with E-state index in [4.69, 9.17) is 0 Å². The first-order chi connectivity index (χ1) is 8.84. The van der Waals surface area contributed by atoms with Gasteiger partial charge in [0.25, 0.3) is 0 Å². The molecule has 0 spiro atoms. The Bertz CT molecular complexity index is 619. The molecular weight excluding hydrogens is 228 g/mol. The van der Waals surface area contributed by atoms with Crippen LogP contribution in [0, 0.1) is 0 Å². The Morgan fingerprint density at radius 2 is 1.78 bits per heavy atom. The van der Waals surface area contributed by atoms with E-state index in [1.807, 2.05) is 41.1 Å². The van der Waals surface area contributed by atoms with E-state index in [-0.39, 0.29) is 0 Å². The number of nitrogens with zero attached hydrogens (tertiary/aromatic N) is 6. The first kappa shape index (κ1) is 10.8. The molecule has 3 aromatic rings. The minimum atomic E-state index is 0.846. The van der Waals surface area contributed by atoms with Crippen LogP contribution in [0.3, 0.4) is 0 Å². The number of hydrogen-bond donors (Lipinski definition) is 0. The lowest BCUT2D eigenvalue weighted by Gasteiger charge is -2.08. The van der Waals surface area contributed by atoms with Gasteiger partial charge in [0.1, 0.15) is 0 Å². The molecular formula is C12H14N6. The van der Waals surface area contributed by atoms with Gasteiger partial charge >= 0.3 is 0 Å². The molecule has 0 unspecified atom stereocenters. The summed E-state index contributed by atoms with van der Waals surface area (Å²) in [4.78, 5) is 12.7. The van der Waals surface area contributed by atoms with Gasteiger partial charge in [-0.3, -0.25) is 0 Å². The monoisotopic (exact) mass is 242 g/mol. The summed E-state index contributed by atoms with van der Waals surface area (Å²) in [7, 11) is 1.97. The highest BCUT2D eigenvalue weighted by atomic mass is 15.2. The third-order valence-electron chi connectivity index (χ3n) is 2.89. The van der Waals surface area contributed by atoms with Crippen LogP contribution in [0.2, 0.25) is 0 Å². The number of aromatic nitrogens is 6. The lowest BCUT2D eigenvalue weighted by molar-refractivity contribution is 0.580. The minimum absolute atomic E-state index is 0.846. The molecule has 0 aliphatic carbocycles. The van der Waals surface area contributed by atoms with Gasteiger partial charge < -0.3 is 13.7 Å². The van der Waals surface area contributed by atoms with Crippen LogP contribution in [0.25, 0.3) is 11.6 Å². The maximum atomic E-state index is 4.37. The van der Waals surface area contributed by atoms with E-state index in [1.165, 1.54) is 0 Å². The van der Waals surface area contributed by atoms with E-state index in [0.29, 0.717) is 0 Å². The summed E-state index contributed by atoms with van der Waals surface area (Å²) in [6.07, 6.45) is 13.0. The minimum Gasteiger partial charge on any atom is -0.336 e. The van der Waals surface area contributed by atoms with Crippen molar-refractivity contribution in [3.63, 3.8) is 0 Å². The topological polar surface area (TPSA) is 53.5 Å². The van der Waals surface area contributed by atoms with Crippen molar-refractivity contribution in [1.29, 1.82) is 0 Å². The Morgan fingerprint density at radius 3 is 2.50 bits per heavy atom. The summed E-state index contributed by atoms with van der Waals surface area (Å²) in [5.41, 5.74) is 0. The molecule has 0 amide bonds. The number of aryl methyl sites for hydroxylation is 3. The summed E-state index contributed by atoms with van der Waals surface area (Å²) in [6.45, 7) is 1.71. The van der Waals surface area contributed by atoms with E-state index < -0.39 is 0 Å². The van der Waals surface area contributed by atoms with Crippen molar-refractivity contribution in [2.75, 3.05) is 0 Å². The van der Waals surface area contributed by atoms with Gasteiger partial charge in [-0.05, 0) is 0 Å². The number of rotatable bonds is 4. The first-order valence-corrected chi connectivity index (χ1v) is 5.79. The van der Waals surface area contributed by atoms with Crippen molar-refractivity contribution in [2.24, 2.45) is 7.05 Å². The lowest BCUT2D eigenvalue weighted by atomic mass is 10.5. The van der Waals surface area contributed by atoms with Gasteiger partial charge in [0.05, 0.1) is 6.33 Å². The van der Waals surface area contributed by atoms with Gasteiger partial charge in [-0.1, -0.05) is 0 Å². The summed E-state index contributed by atoms with van der Waals surface area (Å²) in [5, 5.41) is 0. The zero-order valence-corrected chi connectivity index (χ0v) is 10.1. The molecule has 92 valence electrons. The molecule has 0 aliphatic heterocycles. The Hall–Kier alpha value is -2.37. The summed E-state index contributed by atoms with van der Waals surface area (Å²) < 4.78 is 6.11. The van der Waals surface area contributed by atoms with Crippen LogP contribution in [-0.4, -0.2) is 28.7 Å². The zero-order valence-electron chi connectivity index (χ0n) is 10.1. The molecule has 0 saturated heterocycles. The number of imidazole rings is 3. The van der Waals surface area contributed by atoms with Crippen LogP contribution in [-0.2, 0) is 20.1 Å². The predicted molar refractivity (Wildman–Crippen MR) is 66.7 cm³/mol. The van der Waals surface area contributed by atoms with Gasteiger partial charge in [-0.15, -0.1) is 0 Å². The maximum Gasteiger partial charge on any atom is 0.176 e. The van der Waals surface area contributed by atoms with Crippen LogP contribution in [0.1, 0.15) is 0 Å².